The van der Waals surface area contributed by atoms with E-state index in [1.807, 2.05) is 54.6 Å². The monoisotopic (exact) mass is 832 g/mol. The fraction of sp³-hybridized carbons (Fsp3) is 0.0417. The molecule has 2 heterocycles. The number of nitrogens with one attached hydrogen (secondary N) is 2. The zero-order valence-corrected chi connectivity index (χ0v) is 33.4. The molecule has 0 spiro atoms. The largest absolute Gasteiger partial charge is 0.350 e. The van der Waals surface area contributed by atoms with Gasteiger partial charge in [0.05, 0.1) is 22.5 Å². The van der Waals surface area contributed by atoms with Crippen molar-refractivity contribution in [1.82, 2.24) is 19.6 Å². The summed E-state index contributed by atoms with van der Waals surface area (Å²) < 4.78 is 29.9. The number of rotatable bonds is 10. The first-order chi connectivity index (χ1) is 29.5. The number of benzene rings is 6. The molecule has 0 amide bonds. The highest BCUT2D eigenvalue weighted by Crippen LogP contribution is 2.31. The van der Waals surface area contributed by atoms with Gasteiger partial charge in [-0.2, -0.15) is 19.6 Å². The van der Waals surface area contributed by atoms with Crippen LogP contribution in [0.2, 0.25) is 5.02 Å². The first-order valence-corrected chi connectivity index (χ1v) is 19.2. The van der Waals surface area contributed by atoms with Crippen LogP contribution in [0.15, 0.2) is 173 Å². The minimum atomic E-state index is -0.812. The van der Waals surface area contributed by atoms with Crippen LogP contribution in [0.4, 0.5) is 31.5 Å². The van der Waals surface area contributed by atoms with Gasteiger partial charge < -0.3 is 10.6 Å². The maximum absolute atomic E-state index is 13.7. The Morgan fingerprint density at radius 2 is 0.902 bits per heavy atom. The van der Waals surface area contributed by atoms with Crippen LogP contribution in [-0.4, -0.2) is 31.1 Å². The molecule has 302 valence electrons. The van der Waals surface area contributed by atoms with E-state index in [4.69, 9.17) is 11.6 Å². The third-order valence-electron chi connectivity index (χ3n) is 9.21. The summed E-state index contributed by atoms with van der Waals surface area (Å²) in [6.07, 6.45) is 0. The van der Waals surface area contributed by atoms with E-state index in [1.54, 1.807) is 91.0 Å². The number of carbonyl (C=O) groups is 2. The molecule has 2 aromatic heterocycles. The molecule has 0 saturated heterocycles. The average Bonchev–Trinajstić information content (AvgIpc) is 3.26. The number of Topliss-reactive ketones (excluding diaryl/α,β-unsaturated/α-hetero) is 2. The van der Waals surface area contributed by atoms with Crippen molar-refractivity contribution in [3.05, 3.63) is 212 Å². The standard InChI is InChI=1S/C24H18ClN3O2.C24H17F2N3O2/c1-16(29)21-22(17-9-4-2-5-10-17)27-28(20-13-6-3-7-14-20)24(30)23(21)26-19-12-8-11-18(25)15-19;1-15(30)21-22(16-8-4-2-5-9-16)28-29(20-10-6-3-7-11-20)24(31)23(21)27-19-13-17(25)12-18(26)14-19/h2-15,26H,1H3;2-14,27H,1H3. The third-order valence-corrected chi connectivity index (χ3v) is 9.45. The minimum Gasteiger partial charge on any atom is -0.350 e. The predicted molar refractivity (Wildman–Crippen MR) is 235 cm³/mol. The molecule has 8 aromatic rings. The van der Waals surface area contributed by atoms with Crippen LogP contribution < -0.4 is 21.8 Å². The predicted octanol–water partition coefficient (Wildman–Crippen LogP) is 10.6. The normalized spacial score (nSPS) is 10.6. The van der Waals surface area contributed by atoms with Crippen LogP contribution in [0.1, 0.15) is 34.6 Å². The lowest BCUT2D eigenvalue weighted by Gasteiger charge is -2.17. The number of hydrogen-bond acceptors (Lipinski definition) is 8. The van der Waals surface area contributed by atoms with E-state index in [9.17, 15) is 28.0 Å². The SMILES string of the molecule is CC(=O)c1c(-c2ccccc2)nn(-c2ccccc2)c(=O)c1Nc1cc(F)cc(F)c1.CC(=O)c1c(-c2ccccc2)nn(-c2ccccc2)c(=O)c1Nc1cccc(Cl)c1. The van der Waals surface area contributed by atoms with Crippen molar-refractivity contribution in [2.24, 2.45) is 0 Å². The zero-order chi connectivity index (χ0) is 43.0. The maximum Gasteiger partial charge on any atom is 0.295 e. The Morgan fingerprint density at radius 3 is 1.30 bits per heavy atom. The van der Waals surface area contributed by atoms with E-state index in [0.29, 0.717) is 33.3 Å². The highest BCUT2D eigenvalue weighted by Gasteiger charge is 2.25. The summed E-state index contributed by atoms with van der Waals surface area (Å²) in [4.78, 5) is 52.0. The summed E-state index contributed by atoms with van der Waals surface area (Å²) in [6.45, 7) is 2.74. The van der Waals surface area contributed by atoms with Crippen LogP contribution in [-0.2, 0) is 0 Å². The summed E-state index contributed by atoms with van der Waals surface area (Å²) in [7, 11) is 0. The lowest BCUT2D eigenvalue weighted by Crippen LogP contribution is -2.27. The summed E-state index contributed by atoms with van der Waals surface area (Å²) in [5.41, 5.74) is 3.00. The second-order valence-electron chi connectivity index (χ2n) is 13.6. The molecule has 8 rings (SSSR count). The van der Waals surface area contributed by atoms with Crippen LogP contribution in [0.25, 0.3) is 33.9 Å². The van der Waals surface area contributed by atoms with Crippen molar-refractivity contribution < 1.29 is 18.4 Å². The van der Waals surface area contributed by atoms with E-state index >= 15 is 0 Å². The van der Waals surface area contributed by atoms with Crippen molar-refractivity contribution in [2.45, 2.75) is 13.8 Å². The number of carbonyl (C=O) groups excluding carboxylic acids is 2. The Morgan fingerprint density at radius 1 is 0.508 bits per heavy atom. The fourth-order valence-electron chi connectivity index (χ4n) is 6.54. The molecule has 0 radical (unpaired) electrons. The molecule has 0 fully saturated rings. The highest BCUT2D eigenvalue weighted by molar-refractivity contribution is 6.30. The summed E-state index contributed by atoms with van der Waals surface area (Å²) in [6, 6.07) is 45.8. The molecule has 0 bridgehead atoms. The number of hydrogen-bond donors (Lipinski definition) is 2. The Hall–Kier alpha value is -7.83. The molecule has 0 atom stereocenters. The highest BCUT2D eigenvalue weighted by atomic mass is 35.5. The Labute approximate surface area is 353 Å². The van der Waals surface area contributed by atoms with Crippen molar-refractivity contribution in [1.29, 1.82) is 0 Å². The second kappa shape index (κ2) is 18.4. The van der Waals surface area contributed by atoms with Crippen LogP contribution >= 0.6 is 11.6 Å². The number of nitrogens with zero attached hydrogens (tertiary/aromatic N) is 4. The molecule has 6 aromatic carbocycles. The number of para-hydroxylation sites is 2. The lowest BCUT2D eigenvalue weighted by molar-refractivity contribution is 0.101. The van der Waals surface area contributed by atoms with Crippen molar-refractivity contribution in [3.63, 3.8) is 0 Å². The summed E-state index contributed by atoms with van der Waals surface area (Å²) in [5.74, 6) is -2.30. The van der Waals surface area contributed by atoms with Crippen molar-refractivity contribution in [2.75, 3.05) is 10.6 Å². The maximum atomic E-state index is 13.7. The van der Waals surface area contributed by atoms with Gasteiger partial charge in [0.25, 0.3) is 11.1 Å². The van der Waals surface area contributed by atoms with Gasteiger partial charge in [0.2, 0.25) is 0 Å². The molecular weight excluding hydrogens is 798 g/mol. The molecule has 2 N–H and O–H groups in total. The van der Waals surface area contributed by atoms with E-state index in [-0.39, 0.29) is 39.7 Å². The summed E-state index contributed by atoms with van der Waals surface area (Å²) >= 11 is 6.10. The second-order valence-corrected chi connectivity index (χ2v) is 14.0. The molecule has 0 aliphatic heterocycles. The van der Waals surface area contributed by atoms with Gasteiger partial charge in [-0.05, 0) is 68.4 Å². The molecule has 0 aliphatic rings. The van der Waals surface area contributed by atoms with E-state index < -0.39 is 28.5 Å². The van der Waals surface area contributed by atoms with Crippen LogP contribution in [0.5, 0.6) is 0 Å². The van der Waals surface area contributed by atoms with Crippen molar-refractivity contribution in [3.8, 4) is 33.9 Å². The topological polar surface area (TPSA) is 128 Å². The van der Waals surface area contributed by atoms with Crippen molar-refractivity contribution >= 4 is 45.9 Å². The van der Waals surface area contributed by atoms with Gasteiger partial charge in [-0.3, -0.25) is 19.2 Å². The third kappa shape index (κ3) is 9.40. The van der Waals surface area contributed by atoms with Gasteiger partial charge >= 0.3 is 0 Å². The Bertz CT molecular complexity index is 2980. The smallest absolute Gasteiger partial charge is 0.295 e. The fourth-order valence-corrected chi connectivity index (χ4v) is 6.73. The number of halogens is 3. The van der Waals surface area contributed by atoms with E-state index in [1.165, 1.54) is 18.5 Å². The first-order valence-electron chi connectivity index (χ1n) is 18.8. The first kappa shape index (κ1) is 41.3. The minimum absolute atomic E-state index is 0.00178. The summed E-state index contributed by atoms with van der Waals surface area (Å²) in [5, 5.41) is 15.4. The molecular formula is C48H35ClF2N6O4. The lowest BCUT2D eigenvalue weighted by atomic mass is 10.0. The quantitative estimate of drug-likeness (QED) is 0.130. The molecule has 0 unspecified atom stereocenters. The number of aromatic nitrogens is 4. The molecule has 13 heteroatoms. The van der Waals surface area contributed by atoms with Gasteiger partial charge in [-0.25, -0.2) is 8.78 Å². The van der Waals surface area contributed by atoms with Gasteiger partial charge in [-0.1, -0.05) is 115 Å². The average molecular weight is 833 g/mol. The van der Waals surface area contributed by atoms with Gasteiger partial charge in [0.1, 0.15) is 34.4 Å². The molecule has 0 aliphatic carbocycles. The van der Waals surface area contributed by atoms with Gasteiger partial charge in [-0.15, -0.1) is 0 Å². The molecule has 61 heavy (non-hydrogen) atoms. The van der Waals surface area contributed by atoms with Gasteiger partial charge in [0, 0.05) is 33.6 Å². The van der Waals surface area contributed by atoms with E-state index in [0.717, 1.165) is 28.4 Å². The van der Waals surface area contributed by atoms with Gasteiger partial charge in [0.15, 0.2) is 11.6 Å². The zero-order valence-electron chi connectivity index (χ0n) is 32.6. The Kier molecular flexibility index (Phi) is 12.5. The molecule has 0 saturated carbocycles. The molecule has 10 nitrogen and oxygen atoms in total. The number of anilines is 4. The number of ketones is 2. The van der Waals surface area contributed by atoms with Crippen LogP contribution in [0, 0.1) is 11.6 Å². The Balaban J connectivity index is 0.000000184. The van der Waals surface area contributed by atoms with E-state index in [2.05, 4.69) is 20.8 Å². The van der Waals surface area contributed by atoms with Crippen LogP contribution in [0.3, 0.4) is 0 Å².